The van der Waals surface area contributed by atoms with Crippen LogP contribution in [0.1, 0.15) is 36.6 Å². The average molecular weight is 297 g/mol. The van der Waals surface area contributed by atoms with Crippen molar-refractivity contribution < 1.29 is 24.6 Å². The summed E-state index contributed by atoms with van der Waals surface area (Å²) in [7, 11) is 0. The second-order valence-electron chi connectivity index (χ2n) is 4.86. The number of rotatable bonds is 3. The Morgan fingerprint density at radius 3 is 2.09 bits per heavy atom. The molecule has 0 spiro atoms. The summed E-state index contributed by atoms with van der Waals surface area (Å²) in [5, 5.41) is 19.0. The zero-order valence-electron chi connectivity index (χ0n) is 11.3. The summed E-state index contributed by atoms with van der Waals surface area (Å²) >= 11 is 0. The summed E-state index contributed by atoms with van der Waals surface area (Å²) in [4.78, 5) is 36.5. The molecule has 0 bridgehead atoms. The number of hydrogen-bond donors (Lipinski definition) is 2. The van der Waals surface area contributed by atoms with Gasteiger partial charge in [0.1, 0.15) is 11.3 Å². The van der Waals surface area contributed by atoms with Crippen LogP contribution in [0.4, 0.5) is 0 Å². The number of carbonyl (C=O) groups excluding carboxylic acids is 2. The van der Waals surface area contributed by atoms with Gasteiger partial charge in [-0.25, -0.2) is 4.79 Å². The number of hydrogen-bond acceptors (Lipinski definition) is 4. The minimum Gasteiger partial charge on any atom is -0.507 e. The summed E-state index contributed by atoms with van der Waals surface area (Å²) < 4.78 is 0. The van der Waals surface area contributed by atoms with Crippen molar-refractivity contribution >= 4 is 17.8 Å². The van der Waals surface area contributed by atoms with E-state index in [4.69, 9.17) is 5.11 Å². The van der Waals surface area contributed by atoms with Crippen LogP contribution in [-0.2, 0) is 6.54 Å². The Kier molecular flexibility index (Phi) is 3.14. The van der Waals surface area contributed by atoms with Crippen molar-refractivity contribution in [2.75, 3.05) is 0 Å². The van der Waals surface area contributed by atoms with Crippen molar-refractivity contribution in [3.8, 4) is 5.75 Å². The highest BCUT2D eigenvalue weighted by atomic mass is 16.4. The number of aromatic hydroxyl groups is 1. The van der Waals surface area contributed by atoms with E-state index in [0.717, 1.165) is 4.90 Å². The Morgan fingerprint density at radius 2 is 1.55 bits per heavy atom. The predicted molar refractivity (Wildman–Crippen MR) is 75.7 cm³/mol. The van der Waals surface area contributed by atoms with Gasteiger partial charge in [-0.05, 0) is 18.2 Å². The van der Waals surface area contributed by atoms with Crippen molar-refractivity contribution in [1.29, 1.82) is 0 Å². The third kappa shape index (κ3) is 2.01. The van der Waals surface area contributed by atoms with Crippen LogP contribution >= 0.6 is 0 Å². The van der Waals surface area contributed by atoms with E-state index in [0.29, 0.717) is 11.1 Å². The van der Waals surface area contributed by atoms with E-state index in [2.05, 4.69) is 0 Å². The van der Waals surface area contributed by atoms with Gasteiger partial charge < -0.3 is 10.2 Å². The maximum absolute atomic E-state index is 12.2. The van der Waals surface area contributed by atoms with Crippen molar-refractivity contribution in [1.82, 2.24) is 4.90 Å². The molecule has 0 saturated carbocycles. The standard InChI is InChI=1S/C16H11NO5/c18-13-9(4-3-7-12(13)16(21)22)8-17-14(19)10-5-1-2-6-11(10)15(17)20/h1-7,18H,8H2,(H,21,22). The summed E-state index contributed by atoms with van der Waals surface area (Å²) in [6, 6.07) is 10.6. The Bertz CT molecular complexity index is 777. The molecule has 0 fully saturated rings. The number of fused-ring (bicyclic) bond motifs is 1. The summed E-state index contributed by atoms with van der Waals surface area (Å²) in [5.74, 6) is -2.63. The van der Waals surface area contributed by atoms with Crippen LogP contribution in [0, 0.1) is 0 Å². The molecule has 22 heavy (non-hydrogen) atoms. The molecule has 2 amide bonds. The number of carboxylic acid groups (broad SMARTS) is 1. The Hall–Kier alpha value is -3.15. The predicted octanol–water partition coefficient (Wildman–Crippen LogP) is 1.89. The number of imide groups is 1. The van der Waals surface area contributed by atoms with E-state index < -0.39 is 23.5 Å². The van der Waals surface area contributed by atoms with Gasteiger partial charge in [0, 0.05) is 5.56 Å². The number of aromatic carboxylic acids is 1. The summed E-state index contributed by atoms with van der Waals surface area (Å²) in [6.45, 7) is -0.181. The lowest BCUT2D eigenvalue weighted by Crippen LogP contribution is -2.29. The van der Waals surface area contributed by atoms with Crippen molar-refractivity contribution in [3.63, 3.8) is 0 Å². The van der Waals surface area contributed by atoms with Crippen LogP contribution in [-0.4, -0.2) is 32.9 Å². The van der Waals surface area contributed by atoms with E-state index in [1.807, 2.05) is 0 Å². The monoisotopic (exact) mass is 297 g/mol. The molecule has 0 radical (unpaired) electrons. The zero-order valence-corrected chi connectivity index (χ0v) is 11.3. The molecule has 6 heteroatoms. The second-order valence-corrected chi connectivity index (χ2v) is 4.86. The maximum atomic E-state index is 12.2. The fourth-order valence-electron chi connectivity index (χ4n) is 2.44. The molecule has 110 valence electrons. The van der Waals surface area contributed by atoms with E-state index in [-0.39, 0.29) is 17.7 Å². The second kappa shape index (κ2) is 5.00. The third-order valence-electron chi connectivity index (χ3n) is 3.56. The molecule has 1 aliphatic heterocycles. The summed E-state index contributed by atoms with van der Waals surface area (Å²) in [5.41, 5.74) is 0.547. The minimum absolute atomic E-state index is 0.181. The number of carbonyl (C=O) groups is 3. The molecule has 3 rings (SSSR count). The topological polar surface area (TPSA) is 94.9 Å². The average Bonchev–Trinajstić information content (AvgIpc) is 2.74. The van der Waals surface area contributed by atoms with Crippen LogP contribution < -0.4 is 0 Å². The van der Waals surface area contributed by atoms with Crippen molar-refractivity contribution in [3.05, 3.63) is 64.7 Å². The van der Waals surface area contributed by atoms with Crippen molar-refractivity contribution in [2.45, 2.75) is 6.54 Å². The largest absolute Gasteiger partial charge is 0.507 e. The Labute approximate surface area is 125 Å². The molecule has 0 saturated heterocycles. The molecule has 2 aromatic rings. The quantitative estimate of drug-likeness (QED) is 0.843. The fraction of sp³-hybridized carbons (Fsp3) is 0.0625. The van der Waals surface area contributed by atoms with Gasteiger partial charge in [-0.3, -0.25) is 14.5 Å². The molecular formula is C16H11NO5. The molecule has 0 aromatic heterocycles. The van der Waals surface area contributed by atoms with Gasteiger partial charge in [-0.2, -0.15) is 0 Å². The molecule has 1 heterocycles. The lowest BCUT2D eigenvalue weighted by atomic mass is 10.1. The van der Waals surface area contributed by atoms with Crippen LogP contribution in [0.3, 0.4) is 0 Å². The van der Waals surface area contributed by atoms with Gasteiger partial charge in [-0.1, -0.05) is 24.3 Å². The van der Waals surface area contributed by atoms with Gasteiger partial charge in [0.05, 0.1) is 17.7 Å². The minimum atomic E-state index is -1.28. The zero-order chi connectivity index (χ0) is 15.9. The number of phenols is 1. The fourth-order valence-corrected chi connectivity index (χ4v) is 2.44. The van der Waals surface area contributed by atoms with Crippen LogP contribution in [0.25, 0.3) is 0 Å². The van der Waals surface area contributed by atoms with Gasteiger partial charge in [0.15, 0.2) is 0 Å². The first-order chi connectivity index (χ1) is 10.5. The lowest BCUT2D eigenvalue weighted by molar-refractivity contribution is 0.0641. The highest BCUT2D eigenvalue weighted by molar-refractivity contribution is 6.21. The molecule has 2 aromatic carbocycles. The van der Waals surface area contributed by atoms with E-state index in [1.54, 1.807) is 24.3 Å². The van der Waals surface area contributed by atoms with Gasteiger partial charge in [-0.15, -0.1) is 0 Å². The molecule has 0 aliphatic carbocycles. The van der Waals surface area contributed by atoms with Gasteiger partial charge in [0.25, 0.3) is 11.8 Å². The Morgan fingerprint density at radius 1 is 0.955 bits per heavy atom. The van der Waals surface area contributed by atoms with Crippen LogP contribution in [0.5, 0.6) is 5.75 Å². The smallest absolute Gasteiger partial charge is 0.339 e. The van der Waals surface area contributed by atoms with E-state index >= 15 is 0 Å². The van der Waals surface area contributed by atoms with Gasteiger partial charge in [0.2, 0.25) is 0 Å². The third-order valence-corrected chi connectivity index (χ3v) is 3.56. The normalized spacial score (nSPS) is 13.4. The SMILES string of the molecule is O=C(O)c1cccc(CN2C(=O)c3ccccc3C2=O)c1O. The highest BCUT2D eigenvalue weighted by Gasteiger charge is 2.35. The summed E-state index contributed by atoms with van der Waals surface area (Å²) in [6.07, 6.45) is 0. The van der Waals surface area contributed by atoms with Crippen LogP contribution in [0.2, 0.25) is 0 Å². The Balaban J connectivity index is 1.96. The highest BCUT2D eigenvalue weighted by Crippen LogP contribution is 2.28. The van der Waals surface area contributed by atoms with Crippen LogP contribution in [0.15, 0.2) is 42.5 Å². The molecular weight excluding hydrogens is 286 g/mol. The number of amides is 2. The molecule has 2 N–H and O–H groups in total. The molecule has 0 unspecified atom stereocenters. The van der Waals surface area contributed by atoms with Crippen molar-refractivity contribution in [2.24, 2.45) is 0 Å². The number of nitrogens with zero attached hydrogens (tertiary/aromatic N) is 1. The molecule has 1 aliphatic rings. The number of carboxylic acids is 1. The first kappa shape index (κ1) is 13.8. The van der Waals surface area contributed by atoms with E-state index in [1.165, 1.54) is 18.2 Å². The van der Waals surface area contributed by atoms with E-state index in [9.17, 15) is 19.5 Å². The first-order valence-electron chi connectivity index (χ1n) is 6.50. The van der Waals surface area contributed by atoms with Gasteiger partial charge >= 0.3 is 5.97 Å². The number of benzene rings is 2. The molecule has 6 nitrogen and oxygen atoms in total. The maximum Gasteiger partial charge on any atom is 0.339 e. The lowest BCUT2D eigenvalue weighted by Gasteiger charge is -2.15. The molecule has 0 atom stereocenters. The first-order valence-corrected chi connectivity index (χ1v) is 6.50. The number of para-hydroxylation sites is 1.